The lowest BCUT2D eigenvalue weighted by molar-refractivity contribution is 0.607. The molecule has 2 nitrogen and oxygen atoms in total. The molecule has 0 aliphatic carbocycles. The summed E-state index contributed by atoms with van der Waals surface area (Å²) in [4.78, 5) is 9.20. The minimum Gasteiger partial charge on any atom is -0.236 e. The van der Waals surface area contributed by atoms with E-state index in [0.29, 0.717) is 4.58 Å². The van der Waals surface area contributed by atoms with E-state index in [2.05, 4.69) is 64.7 Å². The maximum Gasteiger partial charge on any atom is 0.159 e. The van der Waals surface area contributed by atoms with Crippen LogP contribution in [0.3, 0.4) is 0 Å². The Morgan fingerprint density at radius 3 is 2.23 bits per heavy atom. The smallest absolute Gasteiger partial charge is 0.159 e. The summed E-state index contributed by atoms with van der Waals surface area (Å²) in [5.41, 5.74) is 3.80. The van der Waals surface area contributed by atoms with Crippen molar-refractivity contribution in [3.05, 3.63) is 47.8 Å². The van der Waals surface area contributed by atoms with Crippen molar-refractivity contribution in [1.29, 1.82) is 0 Å². The molecule has 0 saturated carbocycles. The van der Waals surface area contributed by atoms with Crippen molar-refractivity contribution in [2.45, 2.75) is 62.9 Å². The molecule has 1 aliphatic heterocycles. The highest BCUT2D eigenvalue weighted by Gasteiger charge is 2.16. The maximum atomic E-state index is 4.60. The molecule has 140 valence electrons. The third-order valence-electron chi connectivity index (χ3n) is 4.79. The van der Waals surface area contributed by atoms with Gasteiger partial charge in [-0.15, -0.1) is 23.5 Å². The number of aryl methyl sites for hydroxylation is 1. The molecule has 0 N–H and O–H groups in total. The molecule has 0 radical (unpaired) electrons. The maximum absolute atomic E-state index is 4.60. The van der Waals surface area contributed by atoms with Crippen molar-refractivity contribution < 1.29 is 0 Å². The van der Waals surface area contributed by atoms with Crippen LogP contribution in [0.1, 0.15) is 67.6 Å². The van der Waals surface area contributed by atoms with Crippen LogP contribution in [0.25, 0.3) is 11.4 Å². The number of rotatable bonds is 9. The molecule has 4 heteroatoms. The summed E-state index contributed by atoms with van der Waals surface area (Å²) < 4.78 is 0.596. The van der Waals surface area contributed by atoms with Gasteiger partial charge >= 0.3 is 0 Å². The fraction of sp³-hybridized carbons (Fsp3) is 0.545. The van der Waals surface area contributed by atoms with Gasteiger partial charge in [0, 0.05) is 18.0 Å². The van der Waals surface area contributed by atoms with Crippen LogP contribution < -0.4 is 0 Å². The highest BCUT2D eigenvalue weighted by Crippen LogP contribution is 2.43. The van der Waals surface area contributed by atoms with E-state index in [1.54, 1.807) is 0 Å². The molecule has 0 amide bonds. The van der Waals surface area contributed by atoms with E-state index in [4.69, 9.17) is 0 Å². The highest BCUT2D eigenvalue weighted by atomic mass is 32.2. The normalized spacial score (nSPS) is 15.3. The fourth-order valence-electron chi connectivity index (χ4n) is 3.21. The van der Waals surface area contributed by atoms with E-state index in [9.17, 15) is 0 Å². The van der Waals surface area contributed by atoms with Crippen molar-refractivity contribution in [2.75, 3.05) is 11.5 Å². The van der Waals surface area contributed by atoms with Crippen LogP contribution in [-0.4, -0.2) is 21.5 Å². The molecule has 1 aromatic carbocycles. The zero-order valence-corrected chi connectivity index (χ0v) is 17.5. The van der Waals surface area contributed by atoms with Crippen LogP contribution >= 0.6 is 23.5 Å². The standard InChI is InChI=1S/C22H30N2S2/c1-2-3-4-5-6-7-9-18-16-23-21(24-17-18)19-10-12-20(13-11-19)22-25-14-8-15-26-22/h10-13,16-17,22H,2-9,14-15H2,1H3. The SMILES string of the molecule is CCCCCCCCc1cnc(-c2ccc(C3SCCCS3)cc2)nc1. The number of aromatic nitrogens is 2. The van der Waals surface area contributed by atoms with Gasteiger partial charge in [0.25, 0.3) is 0 Å². The third kappa shape index (κ3) is 6.02. The number of unbranched alkanes of at least 4 members (excludes halogenated alkanes) is 5. The van der Waals surface area contributed by atoms with Crippen molar-refractivity contribution in [2.24, 2.45) is 0 Å². The molecule has 3 rings (SSSR count). The van der Waals surface area contributed by atoms with Gasteiger partial charge in [0.2, 0.25) is 0 Å². The lowest BCUT2D eigenvalue weighted by Gasteiger charge is -2.21. The van der Waals surface area contributed by atoms with Crippen LogP contribution in [0.2, 0.25) is 0 Å². The molecule has 1 saturated heterocycles. The molecule has 0 atom stereocenters. The van der Waals surface area contributed by atoms with Gasteiger partial charge in [0.1, 0.15) is 0 Å². The van der Waals surface area contributed by atoms with E-state index in [-0.39, 0.29) is 0 Å². The Kier molecular flexibility index (Phi) is 8.34. The van der Waals surface area contributed by atoms with E-state index in [0.717, 1.165) is 17.8 Å². The van der Waals surface area contributed by atoms with Crippen LogP contribution in [0.4, 0.5) is 0 Å². The quantitative estimate of drug-likeness (QED) is 0.437. The highest BCUT2D eigenvalue weighted by molar-refractivity contribution is 8.16. The second-order valence-electron chi connectivity index (χ2n) is 6.98. The van der Waals surface area contributed by atoms with Crippen molar-refractivity contribution in [3.8, 4) is 11.4 Å². The summed E-state index contributed by atoms with van der Waals surface area (Å²) in [5.74, 6) is 3.40. The van der Waals surface area contributed by atoms with Gasteiger partial charge in [-0.3, -0.25) is 0 Å². The summed E-state index contributed by atoms with van der Waals surface area (Å²) in [7, 11) is 0. The van der Waals surface area contributed by atoms with E-state index in [1.165, 1.54) is 67.6 Å². The zero-order chi connectivity index (χ0) is 18.0. The van der Waals surface area contributed by atoms with Gasteiger partial charge < -0.3 is 0 Å². The van der Waals surface area contributed by atoms with E-state index in [1.807, 2.05) is 12.4 Å². The molecular weight excluding hydrogens is 356 g/mol. The number of nitrogens with zero attached hydrogens (tertiary/aromatic N) is 2. The Labute approximate surface area is 167 Å². The first-order valence-electron chi connectivity index (χ1n) is 10.0. The van der Waals surface area contributed by atoms with E-state index < -0.39 is 0 Å². The summed E-state index contributed by atoms with van der Waals surface area (Å²) >= 11 is 4.13. The molecular formula is C22H30N2S2. The molecule has 1 aromatic heterocycles. The number of benzene rings is 1. The first-order valence-corrected chi connectivity index (χ1v) is 12.1. The molecule has 2 aromatic rings. The molecule has 0 spiro atoms. The molecule has 1 fully saturated rings. The van der Waals surface area contributed by atoms with Gasteiger partial charge in [-0.05, 0) is 41.9 Å². The first kappa shape index (κ1) is 19.8. The summed E-state index contributed by atoms with van der Waals surface area (Å²) in [5, 5.41) is 0. The summed E-state index contributed by atoms with van der Waals surface area (Å²) in [6.45, 7) is 2.26. The average molecular weight is 387 g/mol. The molecule has 0 bridgehead atoms. The Balaban J connectivity index is 1.50. The monoisotopic (exact) mass is 386 g/mol. The first-order chi connectivity index (χ1) is 12.9. The van der Waals surface area contributed by atoms with Gasteiger partial charge in [0.15, 0.2) is 5.82 Å². The van der Waals surface area contributed by atoms with Crippen LogP contribution in [0.15, 0.2) is 36.7 Å². The van der Waals surface area contributed by atoms with Gasteiger partial charge in [-0.25, -0.2) is 9.97 Å². The van der Waals surface area contributed by atoms with E-state index >= 15 is 0 Å². The predicted molar refractivity (Wildman–Crippen MR) is 117 cm³/mol. The Morgan fingerprint density at radius 2 is 1.54 bits per heavy atom. The lowest BCUT2D eigenvalue weighted by atomic mass is 10.1. The predicted octanol–water partition coefficient (Wildman–Crippen LogP) is 6.92. The number of hydrogen-bond acceptors (Lipinski definition) is 4. The average Bonchev–Trinajstić information content (AvgIpc) is 2.72. The van der Waals surface area contributed by atoms with Gasteiger partial charge in [0.05, 0.1) is 4.58 Å². The van der Waals surface area contributed by atoms with Crippen LogP contribution in [0.5, 0.6) is 0 Å². The Hall–Kier alpha value is -1.00. The summed E-state index contributed by atoms with van der Waals surface area (Å²) in [6.07, 6.45) is 14.4. The van der Waals surface area contributed by atoms with Crippen LogP contribution in [0, 0.1) is 0 Å². The topological polar surface area (TPSA) is 25.8 Å². The Bertz CT molecular complexity index is 634. The third-order valence-corrected chi connectivity index (χ3v) is 7.81. The number of hydrogen-bond donors (Lipinski definition) is 0. The number of thioether (sulfide) groups is 2. The molecule has 0 unspecified atom stereocenters. The summed E-state index contributed by atoms with van der Waals surface area (Å²) in [6, 6.07) is 8.85. The molecule has 2 heterocycles. The minimum absolute atomic E-state index is 0.596. The molecule has 26 heavy (non-hydrogen) atoms. The lowest BCUT2D eigenvalue weighted by Crippen LogP contribution is -2.00. The van der Waals surface area contributed by atoms with Gasteiger partial charge in [-0.1, -0.05) is 63.3 Å². The van der Waals surface area contributed by atoms with Crippen molar-refractivity contribution in [3.63, 3.8) is 0 Å². The fourth-order valence-corrected chi connectivity index (χ4v) is 6.11. The van der Waals surface area contributed by atoms with Gasteiger partial charge in [-0.2, -0.15) is 0 Å². The molecule has 1 aliphatic rings. The van der Waals surface area contributed by atoms with Crippen molar-refractivity contribution >= 4 is 23.5 Å². The largest absolute Gasteiger partial charge is 0.236 e. The second kappa shape index (κ2) is 11.0. The second-order valence-corrected chi connectivity index (χ2v) is 9.71. The van der Waals surface area contributed by atoms with Crippen LogP contribution in [-0.2, 0) is 6.42 Å². The Morgan fingerprint density at radius 1 is 0.885 bits per heavy atom. The zero-order valence-electron chi connectivity index (χ0n) is 15.8. The van der Waals surface area contributed by atoms with Crippen molar-refractivity contribution in [1.82, 2.24) is 9.97 Å². The minimum atomic E-state index is 0.596.